The van der Waals surface area contributed by atoms with Crippen molar-refractivity contribution in [2.24, 2.45) is 5.73 Å². The molecule has 0 aliphatic carbocycles. The zero-order valence-electron chi connectivity index (χ0n) is 11.0. The van der Waals surface area contributed by atoms with Crippen LogP contribution in [-0.4, -0.2) is 24.1 Å². The lowest BCUT2D eigenvalue weighted by Gasteiger charge is -2.34. The highest BCUT2D eigenvalue weighted by Gasteiger charge is 2.20. The molecule has 0 amide bonds. The molecule has 2 nitrogen and oxygen atoms in total. The number of thioether (sulfide) groups is 1. The van der Waals surface area contributed by atoms with Crippen molar-refractivity contribution in [1.82, 2.24) is 0 Å². The summed E-state index contributed by atoms with van der Waals surface area (Å²) >= 11 is 5.79. The molecule has 1 aromatic carbocycles. The molecule has 1 fully saturated rings. The Morgan fingerprint density at radius 2 is 2.33 bits per heavy atom. The molecule has 2 N–H and O–H groups in total. The van der Waals surface area contributed by atoms with E-state index in [1.54, 1.807) is 0 Å². The lowest BCUT2D eigenvalue weighted by molar-refractivity contribution is 0.726. The Bertz CT molecular complexity index is 409. The van der Waals surface area contributed by atoms with Gasteiger partial charge in [0.05, 0.1) is 5.69 Å². The zero-order chi connectivity index (χ0) is 13.1. The highest BCUT2D eigenvalue weighted by Crippen LogP contribution is 2.32. The predicted octanol–water partition coefficient (Wildman–Crippen LogP) is 3.80. The first-order valence-corrected chi connectivity index (χ1v) is 8.37. The van der Waals surface area contributed by atoms with Crippen molar-refractivity contribution in [2.45, 2.75) is 31.6 Å². The number of rotatable bonds is 3. The van der Waals surface area contributed by atoms with Crippen molar-refractivity contribution in [3.8, 4) is 0 Å². The van der Waals surface area contributed by atoms with E-state index >= 15 is 0 Å². The fourth-order valence-electron chi connectivity index (χ4n) is 2.25. The number of nitrogens with two attached hydrogens (primary N) is 1. The van der Waals surface area contributed by atoms with Crippen molar-refractivity contribution in [3.63, 3.8) is 0 Å². The lowest BCUT2D eigenvalue weighted by atomic mass is 10.1. The van der Waals surface area contributed by atoms with Gasteiger partial charge in [-0.1, -0.05) is 13.0 Å². The van der Waals surface area contributed by atoms with Gasteiger partial charge in [0.2, 0.25) is 0 Å². The third-order valence-corrected chi connectivity index (χ3v) is 5.44. The average Bonchev–Trinajstić information content (AvgIpc) is 2.38. The Kier molecular flexibility index (Phi) is 4.98. The van der Waals surface area contributed by atoms with E-state index < -0.39 is 0 Å². The molecule has 2 unspecified atom stereocenters. The molecule has 0 bridgehead atoms. The van der Waals surface area contributed by atoms with Crippen LogP contribution in [0, 0.1) is 0 Å². The van der Waals surface area contributed by atoms with Crippen molar-refractivity contribution in [1.29, 1.82) is 0 Å². The molecule has 100 valence electrons. The number of halogens is 1. The van der Waals surface area contributed by atoms with E-state index in [1.165, 1.54) is 27.9 Å². The Morgan fingerprint density at radius 3 is 2.94 bits per heavy atom. The predicted molar refractivity (Wildman–Crippen MR) is 85.5 cm³/mol. The molecule has 4 heteroatoms. The van der Waals surface area contributed by atoms with Gasteiger partial charge in [-0.15, -0.1) is 0 Å². The Hall–Kier alpha value is -0.190. The monoisotopic (exact) mass is 328 g/mol. The molecular weight excluding hydrogens is 308 g/mol. The van der Waals surface area contributed by atoms with Crippen LogP contribution in [0.2, 0.25) is 0 Å². The summed E-state index contributed by atoms with van der Waals surface area (Å²) in [5.74, 6) is 1.22. The summed E-state index contributed by atoms with van der Waals surface area (Å²) in [6.45, 7) is 6.58. The Morgan fingerprint density at radius 1 is 1.56 bits per heavy atom. The van der Waals surface area contributed by atoms with E-state index in [1.807, 2.05) is 6.92 Å². The SMILES string of the molecule is CCC1CN(c2ccc(C(C)N)cc2Br)CCS1. The van der Waals surface area contributed by atoms with Crippen molar-refractivity contribution in [3.05, 3.63) is 28.2 Å². The van der Waals surface area contributed by atoms with Gasteiger partial charge in [-0.25, -0.2) is 0 Å². The maximum atomic E-state index is 5.92. The molecule has 0 radical (unpaired) electrons. The van der Waals surface area contributed by atoms with Gasteiger partial charge in [0.25, 0.3) is 0 Å². The number of hydrogen-bond donors (Lipinski definition) is 1. The molecular formula is C14H21BrN2S. The molecule has 0 aromatic heterocycles. The zero-order valence-corrected chi connectivity index (χ0v) is 13.4. The molecule has 2 atom stereocenters. The second-order valence-electron chi connectivity index (χ2n) is 4.85. The van der Waals surface area contributed by atoms with Crippen LogP contribution in [0.1, 0.15) is 31.9 Å². The lowest BCUT2D eigenvalue weighted by Crippen LogP contribution is -2.37. The maximum absolute atomic E-state index is 5.92. The molecule has 2 rings (SSSR count). The van der Waals surface area contributed by atoms with Gasteiger partial charge < -0.3 is 10.6 Å². The quantitative estimate of drug-likeness (QED) is 0.915. The number of anilines is 1. The average molecular weight is 329 g/mol. The van der Waals surface area contributed by atoms with E-state index in [-0.39, 0.29) is 6.04 Å². The third-order valence-electron chi connectivity index (χ3n) is 3.43. The first kappa shape index (κ1) is 14.2. The van der Waals surface area contributed by atoms with Gasteiger partial charge in [0.15, 0.2) is 0 Å². The second-order valence-corrected chi connectivity index (χ2v) is 7.11. The topological polar surface area (TPSA) is 29.3 Å². The molecule has 1 heterocycles. The van der Waals surface area contributed by atoms with Gasteiger partial charge >= 0.3 is 0 Å². The minimum absolute atomic E-state index is 0.0932. The van der Waals surface area contributed by atoms with E-state index in [0.29, 0.717) is 0 Å². The molecule has 0 spiro atoms. The van der Waals surface area contributed by atoms with Crippen molar-refractivity contribution >= 4 is 33.4 Å². The normalized spacial score (nSPS) is 22.0. The summed E-state index contributed by atoms with van der Waals surface area (Å²) in [5, 5.41) is 0.763. The standard InChI is InChI=1S/C14H21BrN2S/c1-3-12-9-17(6-7-18-12)14-5-4-11(10(2)16)8-13(14)15/h4-5,8,10,12H,3,6-7,9,16H2,1-2H3. The van der Waals surface area contributed by atoms with E-state index in [4.69, 9.17) is 5.73 Å². The number of nitrogens with zero attached hydrogens (tertiary/aromatic N) is 1. The molecule has 1 aliphatic rings. The minimum atomic E-state index is 0.0932. The third kappa shape index (κ3) is 3.22. The van der Waals surface area contributed by atoms with Crippen molar-refractivity contribution in [2.75, 3.05) is 23.7 Å². The summed E-state index contributed by atoms with van der Waals surface area (Å²) in [6.07, 6.45) is 1.25. The van der Waals surface area contributed by atoms with Crippen LogP contribution < -0.4 is 10.6 Å². The maximum Gasteiger partial charge on any atom is 0.0511 e. The van der Waals surface area contributed by atoms with Crippen LogP contribution in [0.4, 0.5) is 5.69 Å². The Balaban J connectivity index is 2.17. The highest BCUT2D eigenvalue weighted by molar-refractivity contribution is 9.10. The van der Waals surface area contributed by atoms with Gasteiger partial charge in [-0.05, 0) is 47.0 Å². The molecule has 1 saturated heterocycles. The summed E-state index contributed by atoms with van der Waals surface area (Å²) < 4.78 is 1.17. The van der Waals surface area contributed by atoms with Gasteiger partial charge in [0, 0.05) is 34.6 Å². The summed E-state index contributed by atoms with van der Waals surface area (Å²) in [5.41, 5.74) is 8.41. The molecule has 0 saturated carbocycles. The first-order chi connectivity index (χ1) is 8.61. The van der Waals surface area contributed by atoms with Crippen molar-refractivity contribution < 1.29 is 0 Å². The smallest absolute Gasteiger partial charge is 0.0511 e. The molecule has 1 aromatic rings. The summed E-state index contributed by atoms with van der Waals surface area (Å²) in [4.78, 5) is 2.49. The van der Waals surface area contributed by atoms with Crippen LogP contribution >= 0.6 is 27.7 Å². The van der Waals surface area contributed by atoms with Crippen LogP contribution in [-0.2, 0) is 0 Å². The van der Waals surface area contributed by atoms with Crippen LogP contribution in [0.3, 0.4) is 0 Å². The number of hydrogen-bond acceptors (Lipinski definition) is 3. The number of benzene rings is 1. The molecule has 1 aliphatic heterocycles. The minimum Gasteiger partial charge on any atom is -0.369 e. The van der Waals surface area contributed by atoms with Gasteiger partial charge in [-0.3, -0.25) is 0 Å². The van der Waals surface area contributed by atoms with Crippen LogP contribution in [0.15, 0.2) is 22.7 Å². The summed E-state index contributed by atoms with van der Waals surface area (Å²) in [7, 11) is 0. The Labute approximate surface area is 122 Å². The van der Waals surface area contributed by atoms with E-state index in [2.05, 4.69) is 57.7 Å². The second kappa shape index (κ2) is 6.31. The first-order valence-electron chi connectivity index (χ1n) is 6.53. The summed E-state index contributed by atoms with van der Waals surface area (Å²) in [6, 6.07) is 6.59. The fourth-order valence-corrected chi connectivity index (χ4v) is 4.08. The van der Waals surface area contributed by atoms with Crippen LogP contribution in [0.5, 0.6) is 0 Å². The fraction of sp³-hybridized carbons (Fsp3) is 0.571. The van der Waals surface area contributed by atoms with Gasteiger partial charge in [-0.2, -0.15) is 11.8 Å². The van der Waals surface area contributed by atoms with E-state index in [0.717, 1.165) is 18.3 Å². The van der Waals surface area contributed by atoms with Gasteiger partial charge in [0.1, 0.15) is 0 Å². The largest absolute Gasteiger partial charge is 0.369 e. The molecule has 18 heavy (non-hydrogen) atoms. The highest BCUT2D eigenvalue weighted by atomic mass is 79.9. The van der Waals surface area contributed by atoms with E-state index in [9.17, 15) is 0 Å². The van der Waals surface area contributed by atoms with Crippen LogP contribution in [0.25, 0.3) is 0 Å².